The van der Waals surface area contributed by atoms with E-state index < -0.39 is 0 Å². The summed E-state index contributed by atoms with van der Waals surface area (Å²) in [5.74, 6) is 2.43. The van der Waals surface area contributed by atoms with Gasteiger partial charge < -0.3 is 24.8 Å². The molecule has 0 radical (unpaired) electrons. The summed E-state index contributed by atoms with van der Waals surface area (Å²) in [6.07, 6.45) is 3.21. The van der Waals surface area contributed by atoms with Gasteiger partial charge >= 0.3 is 0 Å². The van der Waals surface area contributed by atoms with Crippen LogP contribution in [0.3, 0.4) is 0 Å². The Morgan fingerprint density at radius 1 is 1.25 bits per heavy atom. The normalized spacial score (nSPS) is 15.0. The zero-order valence-electron chi connectivity index (χ0n) is 17.5. The molecule has 7 heteroatoms. The predicted octanol–water partition coefficient (Wildman–Crippen LogP) is 3.51. The summed E-state index contributed by atoms with van der Waals surface area (Å²) in [6.45, 7) is 9.73. The number of hydrogen-bond acceptors (Lipinski definition) is 4. The van der Waals surface area contributed by atoms with Crippen LogP contribution in [0.4, 0.5) is 0 Å². The summed E-state index contributed by atoms with van der Waals surface area (Å²) in [4.78, 5) is 4.28. The molecule has 2 N–H and O–H groups in total. The third-order valence-electron chi connectivity index (χ3n) is 4.68. The van der Waals surface area contributed by atoms with Gasteiger partial charge in [-0.25, -0.2) is 0 Å². The quantitative estimate of drug-likeness (QED) is 0.221. The number of hydrogen-bond donors (Lipinski definition) is 2. The highest BCUT2D eigenvalue weighted by molar-refractivity contribution is 14.0. The number of aliphatic imine (C=N–C) groups is 1. The van der Waals surface area contributed by atoms with Crippen molar-refractivity contribution in [3.63, 3.8) is 0 Å². The number of halogens is 1. The summed E-state index contributed by atoms with van der Waals surface area (Å²) in [5.41, 5.74) is 2.36. The van der Waals surface area contributed by atoms with Crippen molar-refractivity contribution in [2.75, 3.05) is 46.6 Å². The van der Waals surface area contributed by atoms with Crippen molar-refractivity contribution in [2.45, 2.75) is 39.7 Å². The van der Waals surface area contributed by atoms with E-state index in [1.165, 1.54) is 5.56 Å². The van der Waals surface area contributed by atoms with Crippen LogP contribution in [0.1, 0.15) is 37.3 Å². The first kappa shape index (κ1) is 25.0. The second-order valence-electron chi connectivity index (χ2n) is 6.87. The van der Waals surface area contributed by atoms with Crippen molar-refractivity contribution in [3.8, 4) is 5.75 Å². The van der Waals surface area contributed by atoms with Gasteiger partial charge in [0.15, 0.2) is 5.96 Å². The Bertz CT molecular complexity index is 578. The van der Waals surface area contributed by atoms with E-state index in [1.54, 1.807) is 7.05 Å². The number of guanidine groups is 1. The average molecular weight is 505 g/mol. The van der Waals surface area contributed by atoms with Crippen LogP contribution in [0, 0.1) is 12.8 Å². The fraction of sp³-hybridized carbons (Fsp3) is 0.667. The van der Waals surface area contributed by atoms with Crippen molar-refractivity contribution in [3.05, 3.63) is 29.3 Å². The molecule has 1 aliphatic heterocycles. The van der Waals surface area contributed by atoms with Gasteiger partial charge in [0.05, 0.1) is 6.61 Å². The number of nitrogens with one attached hydrogen (secondary N) is 2. The highest BCUT2D eigenvalue weighted by Gasteiger charge is 2.13. The van der Waals surface area contributed by atoms with E-state index in [-0.39, 0.29) is 24.0 Å². The van der Waals surface area contributed by atoms with Gasteiger partial charge in [-0.15, -0.1) is 24.0 Å². The summed E-state index contributed by atoms with van der Waals surface area (Å²) >= 11 is 0. The molecule has 160 valence electrons. The summed E-state index contributed by atoms with van der Waals surface area (Å²) in [5, 5.41) is 6.69. The molecule has 0 saturated carbocycles. The molecule has 1 aliphatic rings. The first-order chi connectivity index (χ1) is 13.2. The van der Waals surface area contributed by atoms with Crippen LogP contribution in [-0.4, -0.2) is 52.6 Å². The van der Waals surface area contributed by atoms with Gasteiger partial charge in [-0.3, -0.25) is 4.99 Å². The Morgan fingerprint density at radius 3 is 2.71 bits per heavy atom. The molecule has 1 aromatic rings. The minimum atomic E-state index is 0. The lowest BCUT2D eigenvalue weighted by Crippen LogP contribution is -2.37. The minimum absolute atomic E-state index is 0. The molecule has 1 heterocycles. The SMILES string of the molecule is CCOc1ccc(CNC(=NC)NCCCOCC2CCOCC2)cc1C.I. The van der Waals surface area contributed by atoms with Gasteiger partial charge in [0.1, 0.15) is 5.75 Å². The molecule has 0 amide bonds. The van der Waals surface area contributed by atoms with E-state index in [0.29, 0.717) is 12.5 Å². The number of rotatable bonds is 10. The zero-order chi connectivity index (χ0) is 19.3. The maximum atomic E-state index is 5.79. The van der Waals surface area contributed by atoms with Crippen LogP contribution < -0.4 is 15.4 Å². The largest absolute Gasteiger partial charge is 0.494 e. The van der Waals surface area contributed by atoms with Crippen LogP contribution >= 0.6 is 24.0 Å². The Balaban J connectivity index is 0.00000392. The van der Waals surface area contributed by atoms with Crippen LogP contribution in [0.15, 0.2) is 23.2 Å². The summed E-state index contributed by atoms with van der Waals surface area (Å²) < 4.78 is 16.8. The molecular weight excluding hydrogens is 469 g/mol. The molecule has 0 aliphatic carbocycles. The minimum Gasteiger partial charge on any atom is -0.494 e. The average Bonchev–Trinajstić information content (AvgIpc) is 2.69. The highest BCUT2D eigenvalue weighted by Crippen LogP contribution is 2.19. The predicted molar refractivity (Wildman–Crippen MR) is 125 cm³/mol. The first-order valence-electron chi connectivity index (χ1n) is 10.0. The van der Waals surface area contributed by atoms with Crippen molar-refractivity contribution < 1.29 is 14.2 Å². The van der Waals surface area contributed by atoms with Crippen LogP contribution in [0.5, 0.6) is 5.75 Å². The van der Waals surface area contributed by atoms with E-state index in [4.69, 9.17) is 14.2 Å². The van der Waals surface area contributed by atoms with Crippen LogP contribution in [0.2, 0.25) is 0 Å². The lowest BCUT2D eigenvalue weighted by molar-refractivity contribution is 0.0203. The standard InChI is InChI=1S/C21H35N3O3.HI/c1-4-27-20-7-6-19(14-17(20)2)15-24-21(22-3)23-10-5-11-26-16-18-8-12-25-13-9-18;/h6-7,14,18H,4-5,8-13,15-16H2,1-3H3,(H2,22,23,24);1H. The third kappa shape index (κ3) is 9.43. The van der Waals surface area contributed by atoms with E-state index in [1.807, 2.05) is 13.0 Å². The number of ether oxygens (including phenoxy) is 3. The molecule has 0 spiro atoms. The van der Waals surface area contributed by atoms with Crippen LogP contribution in [0.25, 0.3) is 0 Å². The monoisotopic (exact) mass is 505 g/mol. The van der Waals surface area contributed by atoms with E-state index in [9.17, 15) is 0 Å². The molecule has 0 bridgehead atoms. The van der Waals surface area contributed by atoms with Crippen molar-refractivity contribution in [1.29, 1.82) is 0 Å². The van der Waals surface area contributed by atoms with E-state index in [0.717, 1.165) is 76.1 Å². The second kappa shape index (κ2) is 14.9. The number of aryl methyl sites for hydroxylation is 1. The Labute approximate surface area is 186 Å². The Hall–Kier alpha value is -1.06. The lowest BCUT2D eigenvalue weighted by atomic mass is 10.0. The lowest BCUT2D eigenvalue weighted by Gasteiger charge is -2.21. The molecule has 1 aromatic carbocycles. The molecule has 6 nitrogen and oxygen atoms in total. The second-order valence-corrected chi connectivity index (χ2v) is 6.87. The molecule has 1 fully saturated rings. The fourth-order valence-corrected chi connectivity index (χ4v) is 3.09. The molecular formula is C21H36IN3O3. The summed E-state index contributed by atoms with van der Waals surface area (Å²) in [7, 11) is 1.79. The Kier molecular flexibility index (Phi) is 13.3. The molecule has 0 atom stereocenters. The highest BCUT2D eigenvalue weighted by atomic mass is 127. The van der Waals surface area contributed by atoms with Gasteiger partial charge in [-0.05, 0) is 56.2 Å². The van der Waals surface area contributed by atoms with Gasteiger partial charge in [-0.2, -0.15) is 0 Å². The van der Waals surface area contributed by atoms with Gasteiger partial charge in [-0.1, -0.05) is 12.1 Å². The zero-order valence-corrected chi connectivity index (χ0v) is 19.8. The fourth-order valence-electron chi connectivity index (χ4n) is 3.09. The molecule has 1 saturated heterocycles. The maximum absolute atomic E-state index is 5.79. The molecule has 2 rings (SSSR count). The molecule has 28 heavy (non-hydrogen) atoms. The van der Waals surface area contributed by atoms with Crippen molar-refractivity contribution in [2.24, 2.45) is 10.9 Å². The summed E-state index contributed by atoms with van der Waals surface area (Å²) in [6, 6.07) is 6.26. The molecule has 0 aromatic heterocycles. The van der Waals surface area contributed by atoms with E-state index in [2.05, 4.69) is 34.7 Å². The maximum Gasteiger partial charge on any atom is 0.191 e. The smallest absolute Gasteiger partial charge is 0.191 e. The Morgan fingerprint density at radius 2 is 2.04 bits per heavy atom. The first-order valence-corrected chi connectivity index (χ1v) is 10.0. The number of benzene rings is 1. The topological polar surface area (TPSA) is 64.1 Å². The van der Waals surface area contributed by atoms with Crippen LogP contribution in [-0.2, 0) is 16.0 Å². The number of nitrogens with zero attached hydrogens (tertiary/aromatic N) is 1. The third-order valence-corrected chi connectivity index (χ3v) is 4.68. The van der Waals surface area contributed by atoms with E-state index >= 15 is 0 Å². The van der Waals surface area contributed by atoms with Gasteiger partial charge in [0, 0.05) is 46.6 Å². The van der Waals surface area contributed by atoms with Crippen molar-refractivity contribution >= 4 is 29.9 Å². The molecule has 0 unspecified atom stereocenters. The van der Waals surface area contributed by atoms with Crippen molar-refractivity contribution in [1.82, 2.24) is 10.6 Å². The van der Waals surface area contributed by atoms with Gasteiger partial charge in [0.2, 0.25) is 0 Å². The van der Waals surface area contributed by atoms with Gasteiger partial charge in [0.25, 0.3) is 0 Å².